The smallest absolute Gasteiger partial charge is 0.330 e. The SMILES string of the molecule is CCCCC/C=C\C/C=C\CCCCCCCCC(CCCCCCCCCCOC(=O)/C=C(\CCCCCCC)CCCCCCCCCC)OC(=O)CCCN(C)C. The third-order valence-corrected chi connectivity index (χ3v) is 12.0. The molecule has 5 heteroatoms. The van der Waals surface area contributed by atoms with Gasteiger partial charge in [0.2, 0.25) is 0 Å². The van der Waals surface area contributed by atoms with E-state index >= 15 is 0 Å². The van der Waals surface area contributed by atoms with Crippen LogP contribution in [-0.2, 0) is 19.1 Å². The molecule has 352 valence electrons. The van der Waals surface area contributed by atoms with Gasteiger partial charge in [-0.3, -0.25) is 4.79 Å². The number of rotatable bonds is 47. The van der Waals surface area contributed by atoms with E-state index in [1.54, 1.807) is 0 Å². The molecule has 1 atom stereocenters. The van der Waals surface area contributed by atoms with Gasteiger partial charge in [0.25, 0.3) is 0 Å². The molecule has 0 heterocycles. The quantitative estimate of drug-likeness (QED) is 0.0264. The zero-order valence-electron chi connectivity index (χ0n) is 41.0. The van der Waals surface area contributed by atoms with E-state index in [-0.39, 0.29) is 18.0 Å². The predicted octanol–water partition coefficient (Wildman–Crippen LogP) is 17.3. The molecule has 0 aromatic heterocycles. The molecule has 0 spiro atoms. The molecule has 0 saturated heterocycles. The second kappa shape index (κ2) is 48.2. The lowest BCUT2D eigenvalue weighted by molar-refractivity contribution is -0.150. The first kappa shape index (κ1) is 58.1. The maximum absolute atomic E-state index is 12.7. The predicted molar refractivity (Wildman–Crippen MR) is 263 cm³/mol. The van der Waals surface area contributed by atoms with Gasteiger partial charge in [0, 0.05) is 12.5 Å². The van der Waals surface area contributed by atoms with Crippen molar-refractivity contribution in [3.63, 3.8) is 0 Å². The molecule has 0 N–H and O–H groups in total. The van der Waals surface area contributed by atoms with Crippen molar-refractivity contribution in [2.75, 3.05) is 27.2 Å². The molecule has 0 aliphatic rings. The molecule has 0 aromatic rings. The second-order valence-electron chi connectivity index (χ2n) is 18.4. The van der Waals surface area contributed by atoms with E-state index in [0.29, 0.717) is 13.0 Å². The van der Waals surface area contributed by atoms with E-state index < -0.39 is 0 Å². The molecular formula is C55H103NO4. The number of carbonyl (C=O) groups excluding carboxylic acids is 2. The summed E-state index contributed by atoms with van der Waals surface area (Å²) in [4.78, 5) is 27.5. The van der Waals surface area contributed by atoms with Crippen LogP contribution in [0.3, 0.4) is 0 Å². The standard InChI is InChI=1S/C55H103NO4/c1-6-9-12-15-17-19-20-21-22-23-24-25-26-30-35-40-46-53(60-54(57)48-43-49-56(4)5)47-41-36-31-27-28-32-37-42-50-59-55(58)51-52(44-38-33-14-11-8-3)45-39-34-29-18-16-13-10-7-2/h17,19,21-22,51,53H,6-16,18,20,23-50H2,1-5H3/b19-17-,22-21-,52-51+. The number of unbranched alkanes of at least 4 members (excludes halogenated alkanes) is 27. The Bertz CT molecular complexity index is 1000. The lowest BCUT2D eigenvalue weighted by Gasteiger charge is -2.18. The van der Waals surface area contributed by atoms with Crippen molar-refractivity contribution >= 4 is 11.9 Å². The van der Waals surface area contributed by atoms with E-state index in [0.717, 1.165) is 70.8 Å². The maximum Gasteiger partial charge on any atom is 0.330 e. The number of hydrogen-bond donors (Lipinski definition) is 0. The van der Waals surface area contributed by atoms with Crippen LogP contribution in [0.1, 0.15) is 271 Å². The first-order chi connectivity index (χ1) is 29.4. The van der Waals surface area contributed by atoms with E-state index in [1.165, 1.54) is 185 Å². The fraction of sp³-hybridized carbons (Fsp3) is 0.855. The highest BCUT2D eigenvalue weighted by molar-refractivity contribution is 5.82. The fourth-order valence-corrected chi connectivity index (χ4v) is 8.03. The summed E-state index contributed by atoms with van der Waals surface area (Å²) >= 11 is 0. The minimum Gasteiger partial charge on any atom is -0.463 e. The Balaban J connectivity index is 4.27. The molecular weight excluding hydrogens is 739 g/mol. The summed E-state index contributed by atoms with van der Waals surface area (Å²) in [5.74, 6) is -0.137. The molecule has 5 nitrogen and oxygen atoms in total. The van der Waals surface area contributed by atoms with Crippen LogP contribution < -0.4 is 0 Å². The van der Waals surface area contributed by atoms with Crippen LogP contribution in [-0.4, -0.2) is 50.2 Å². The summed E-state index contributed by atoms with van der Waals surface area (Å²) in [5.41, 5.74) is 1.31. The molecule has 0 radical (unpaired) electrons. The van der Waals surface area contributed by atoms with Gasteiger partial charge in [-0.25, -0.2) is 4.79 Å². The summed E-state index contributed by atoms with van der Waals surface area (Å²) in [6.07, 6.45) is 58.1. The molecule has 0 aliphatic heterocycles. The van der Waals surface area contributed by atoms with Crippen LogP contribution in [0.2, 0.25) is 0 Å². The average Bonchev–Trinajstić information content (AvgIpc) is 3.23. The van der Waals surface area contributed by atoms with Crippen molar-refractivity contribution in [2.45, 2.75) is 277 Å². The summed E-state index contributed by atoms with van der Waals surface area (Å²) in [6.45, 7) is 8.27. The molecule has 0 fully saturated rings. The van der Waals surface area contributed by atoms with Crippen LogP contribution in [0.25, 0.3) is 0 Å². The van der Waals surface area contributed by atoms with Gasteiger partial charge in [0.05, 0.1) is 6.61 Å². The Morgan fingerprint density at radius 2 is 0.883 bits per heavy atom. The van der Waals surface area contributed by atoms with Crippen LogP contribution >= 0.6 is 0 Å². The van der Waals surface area contributed by atoms with Gasteiger partial charge < -0.3 is 14.4 Å². The Kier molecular flexibility index (Phi) is 46.6. The van der Waals surface area contributed by atoms with Gasteiger partial charge in [-0.05, 0) is 117 Å². The minimum atomic E-state index is -0.123. The molecule has 0 amide bonds. The monoisotopic (exact) mass is 842 g/mol. The van der Waals surface area contributed by atoms with Crippen LogP contribution in [0, 0.1) is 0 Å². The van der Waals surface area contributed by atoms with Crippen LogP contribution in [0.15, 0.2) is 36.0 Å². The third kappa shape index (κ3) is 45.6. The van der Waals surface area contributed by atoms with Crippen LogP contribution in [0.4, 0.5) is 0 Å². The summed E-state index contributed by atoms with van der Waals surface area (Å²) in [6, 6.07) is 0. The number of ether oxygens (including phenoxy) is 2. The zero-order valence-corrected chi connectivity index (χ0v) is 41.0. The highest BCUT2D eigenvalue weighted by atomic mass is 16.5. The Labute approximate surface area is 375 Å². The van der Waals surface area contributed by atoms with E-state index in [4.69, 9.17) is 9.47 Å². The molecule has 0 aliphatic carbocycles. The second-order valence-corrected chi connectivity index (χ2v) is 18.4. The number of esters is 2. The zero-order chi connectivity index (χ0) is 43.8. The Hall–Kier alpha value is -1.88. The molecule has 0 saturated carbocycles. The topological polar surface area (TPSA) is 55.8 Å². The van der Waals surface area contributed by atoms with Crippen LogP contribution in [0.5, 0.6) is 0 Å². The highest BCUT2D eigenvalue weighted by Gasteiger charge is 2.14. The van der Waals surface area contributed by atoms with Gasteiger partial charge in [0.15, 0.2) is 0 Å². The molecule has 1 unspecified atom stereocenters. The van der Waals surface area contributed by atoms with Crippen molar-refractivity contribution < 1.29 is 19.1 Å². The van der Waals surface area contributed by atoms with Gasteiger partial charge in [-0.15, -0.1) is 0 Å². The number of allylic oxidation sites excluding steroid dienone is 5. The largest absolute Gasteiger partial charge is 0.463 e. The fourth-order valence-electron chi connectivity index (χ4n) is 8.03. The third-order valence-electron chi connectivity index (χ3n) is 12.0. The van der Waals surface area contributed by atoms with E-state index in [2.05, 4.69) is 64.1 Å². The molecule has 0 aromatic carbocycles. The number of nitrogens with zero attached hydrogens (tertiary/aromatic N) is 1. The average molecular weight is 842 g/mol. The first-order valence-corrected chi connectivity index (χ1v) is 26.4. The van der Waals surface area contributed by atoms with Gasteiger partial charge in [-0.2, -0.15) is 0 Å². The van der Waals surface area contributed by atoms with Crippen molar-refractivity contribution in [3.05, 3.63) is 36.0 Å². The molecule has 0 rings (SSSR count). The number of carbonyl (C=O) groups is 2. The van der Waals surface area contributed by atoms with Gasteiger partial charge in [0.1, 0.15) is 6.10 Å². The maximum atomic E-state index is 12.7. The lowest BCUT2D eigenvalue weighted by atomic mass is 9.99. The first-order valence-electron chi connectivity index (χ1n) is 26.4. The summed E-state index contributed by atoms with van der Waals surface area (Å²) in [5, 5.41) is 0. The van der Waals surface area contributed by atoms with Crippen molar-refractivity contribution in [2.24, 2.45) is 0 Å². The van der Waals surface area contributed by atoms with Gasteiger partial charge >= 0.3 is 11.9 Å². The molecule has 60 heavy (non-hydrogen) atoms. The minimum absolute atomic E-state index is 0.0133. The van der Waals surface area contributed by atoms with E-state index in [1.807, 2.05) is 6.08 Å². The summed E-state index contributed by atoms with van der Waals surface area (Å²) < 4.78 is 11.7. The Morgan fingerprint density at radius 1 is 0.467 bits per heavy atom. The van der Waals surface area contributed by atoms with Crippen molar-refractivity contribution in [3.8, 4) is 0 Å². The number of hydrogen-bond acceptors (Lipinski definition) is 5. The van der Waals surface area contributed by atoms with E-state index in [9.17, 15) is 9.59 Å². The van der Waals surface area contributed by atoms with Crippen molar-refractivity contribution in [1.29, 1.82) is 0 Å². The van der Waals surface area contributed by atoms with Gasteiger partial charge in [-0.1, -0.05) is 198 Å². The highest BCUT2D eigenvalue weighted by Crippen LogP contribution is 2.21. The molecule has 0 bridgehead atoms. The normalized spacial score (nSPS) is 12.7. The van der Waals surface area contributed by atoms with Crippen molar-refractivity contribution in [1.82, 2.24) is 4.90 Å². The lowest BCUT2D eigenvalue weighted by Crippen LogP contribution is -2.20. The Morgan fingerprint density at radius 3 is 1.38 bits per heavy atom. The summed E-state index contributed by atoms with van der Waals surface area (Å²) in [7, 11) is 4.11.